The molecule has 0 fully saturated rings. The van der Waals surface area contributed by atoms with Gasteiger partial charge in [0.2, 0.25) is 0 Å². The molecule has 0 bridgehead atoms. The monoisotopic (exact) mass is 438 g/mol. The van der Waals surface area contributed by atoms with Crippen molar-refractivity contribution in [2.24, 2.45) is 0 Å². The topological polar surface area (TPSA) is 86.0 Å². The van der Waals surface area contributed by atoms with Crippen LogP contribution < -0.4 is 10.6 Å². The second-order valence-corrected chi connectivity index (χ2v) is 7.25. The Balaban J connectivity index is 0.00000149. The summed E-state index contributed by atoms with van der Waals surface area (Å²) in [6.07, 6.45) is 15.1. The first-order valence-electron chi connectivity index (χ1n) is 10.9. The molecular formula is C27H30N6. The number of H-pyrrole nitrogens is 3. The molecule has 0 saturated heterocycles. The van der Waals surface area contributed by atoms with Crippen LogP contribution in [0.4, 0.5) is 0 Å². The average Bonchev–Trinajstić information content (AvgIpc) is 3.59. The molecule has 6 heteroatoms. The maximum atomic E-state index is 4.51. The zero-order valence-corrected chi connectivity index (χ0v) is 19.6. The van der Waals surface area contributed by atoms with E-state index in [0.29, 0.717) is 0 Å². The van der Waals surface area contributed by atoms with Gasteiger partial charge in [-0.05, 0) is 43.2 Å². The Bertz CT molecular complexity index is 1370. The van der Waals surface area contributed by atoms with E-state index >= 15 is 0 Å². The Labute approximate surface area is 194 Å². The zero-order valence-electron chi connectivity index (χ0n) is 19.6. The highest BCUT2D eigenvalue weighted by atomic mass is 15.1. The molecule has 0 radical (unpaired) electrons. The van der Waals surface area contributed by atoms with Crippen LogP contribution in [-0.2, 0) is 0 Å². The molecule has 0 aromatic carbocycles. The molecule has 0 unspecified atom stereocenters. The number of aryl methyl sites for hydroxylation is 1. The fraction of sp³-hybridized carbons (Fsp3) is 0.148. The number of hydrogen-bond acceptors (Lipinski definition) is 3. The lowest BCUT2D eigenvalue weighted by Gasteiger charge is -2.06. The summed E-state index contributed by atoms with van der Waals surface area (Å²) in [6.45, 7) is 16.2. The summed E-state index contributed by atoms with van der Waals surface area (Å²) in [7, 11) is 0. The minimum absolute atomic E-state index is 0.791. The Morgan fingerprint density at radius 1 is 1.12 bits per heavy atom. The van der Waals surface area contributed by atoms with Crippen molar-refractivity contribution in [2.75, 3.05) is 0 Å². The lowest BCUT2D eigenvalue weighted by atomic mass is 9.99. The largest absolute Gasteiger partial charge is 0.357 e. The standard InChI is InChI=1S/C25H24N6.C2H6/c1-5-7-21(19-8-6-11-26-13-19)22-12-24(29-18(22)4)25-17(3)23(30-31-25)10-9-16(2)20-14-27-28-15-20;1-2/h5-15,29-30H,1,3H2,2,4H3,(H,27,28);1-2H3/b16-9+,21-7-,23-10+;. The number of allylic oxidation sites excluding steroid dienone is 4. The van der Waals surface area contributed by atoms with Gasteiger partial charge in [-0.15, -0.1) is 0 Å². The van der Waals surface area contributed by atoms with E-state index in [1.54, 1.807) is 18.5 Å². The summed E-state index contributed by atoms with van der Waals surface area (Å²) < 4.78 is 0. The molecular weight excluding hydrogens is 408 g/mol. The number of aromatic amines is 3. The number of nitrogens with zero attached hydrogens (tertiary/aromatic N) is 3. The first kappa shape index (κ1) is 23.5. The highest BCUT2D eigenvalue weighted by Crippen LogP contribution is 2.28. The van der Waals surface area contributed by atoms with Gasteiger partial charge in [0, 0.05) is 46.2 Å². The van der Waals surface area contributed by atoms with Gasteiger partial charge in [0.15, 0.2) is 0 Å². The van der Waals surface area contributed by atoms with Gasteiger partial charge < -0.3 is 4.98 Å². The van der Waals surface area contributed by atoms with Crippen LogP contribution in [0.5, 0.6) is 0 Å². The quantitative estimate of drug-likeness (QED) is 0.379. The van der Waals surface area contributed by atoms with E-state index < -0.39 is 0 Å². The Hall–Kier alpha value is -4.19. The smallest absolute Gasteiger partial charge is 0.116 e. The number of rotatable bonds is 6. The molecule has 4 aromatic heterocycles. The third kappa shape index (κ3) is 5.18. The van der Waals surface area contributed by atoms with Crippen LogP contribution in [0.25, 0.3) is 35.2 Å². The Kier molecular flexibility index (Phi) is 7.76. The lowest BCUT2D eigenvalue weighted by Crippen LogP contribution is -2.21. The molecule has 4 rings (SSSR count). The van der Waals surface area contributed by atoms with E-state index in [4.69, 9.17) is 0 Å². The van der Waals surface area contributed by atoms with Crippen molar-refractivity contribution in [1.29, 1.82) is 0 Å². The molecule has 0 aliphatic heterocycles. The first-order chi connectivity index (χ1) is 16.1. The predicted octanol–water partition coefficient (Wildman–Crippen LogP) is 4.77. The summed E-state index contributed by atoms with van der Waals surface area (Å²) in [4.78, 5) is 7.70. The maximum absolute atomic E-state index is 4.51. The highest BCUT2D eigenvalue weighted by Gasteiger charge is 2.14. The minimum atomic E-state index is 0.791. The summed E-state index contributed by atoms with van der Waals surface area (Å²) in [5.74, 6) is 0. The molecule has 0 amide bonds. The van der Waals surface area contributed by atoms with Crippen LogP contribution >= 0.6 is 0 Å². The summed E-state index contributed by atoms with van der Waals surface area (Å²) in [5, 5.41) is 16.1. The van der Waals surface area contributed by atoms with E-state index in [0.717, 1.165) is 55.5 Å². The van der Waals surface area contributed by atoms with Crippen LogP contribution in [0.2, 0.25) is 0 Å². The van der Waals surface area contributed by atoms with Crippen LogP contribution in [0.1, 0.15) is 43.2 Å². The van der Waals surface area contributed by atoms with Gasteiger partial charge >= 0.3 is 0 Å². The van der Waals surface area contributed by atoms with Crippen molar-refractivity contribution in [2.45, 2.75) is 27.7 Å². The summed E-state index contributed by atoms with van der Waals surface area (Å²) in [5.41, 5.74) is 8.03. The second kappa shape index (κ2) is 10.9. The van der Waals surface area contributed by atoms with Crippen molar-refractivity contribution in [1.82, 2.24) is 30.4 Å². The molecule has 0 aliphatic rings. The van der Waals surface area contributed by atoms with Gasteiger partial charge in [-0.1, -0.05) is 51.3 Å². The van der Waals surface area contributed by atoms with Crippen molar-refractivity contribution in [3.8, 4) is 11.4 Å². The molecule has 6 nitrogen and oxygen atoms in total. The van der Waals surface area contributed by atoms with E-state index in [2.05, 4.69) is 49.6 Å². The van der Waals surface area contributed by atoms with E-state index in [1.807, 2.05) is 70.4 Å². The first-order valence-corrected chi connectivity index (χ1v) is 10.9. The van der Waals surface area contributed by atoms with E-state index in [-0.39, 0.29) is 0 Å². The number of hydrogen-bond donors (Lipinski definition) is 3. The van der Waals surface area contributed by atoms with E-state index in [1.165, 1.54) is 0 Å². The number of nitrogens with one attached hydrogen (secondary N) is 3. The van der Waals surface area contributed by atoms with Crippen LogP contribution in [-0.4, -0.2) is 30.4 Å². The van der Waals surface area contributed by atoms with Crippen LogP contribution in [0.15, 0.2) is 67.8 Å². The number of pyridine rings is 1. The predicted molar refractivity (Wildman–Crippen MR) is 137 cm³/mol. The van der Waals surface area contributed by atoms with Crippen molar-refractivity contribution in [3.05, 3.63) is 101 Å². The van der Waals surface area contributed by atoms with Gasteiger partial charge in [0.25, 0.3) is 0 Å². The molecule has 33 heavy (non-hydrogen) atoms. The maximum Gasteiger partial charge on any atom is 0.116 e. The molecule has 3 N–H and O–H groups in total. The molecule has 0 saturated carbocycles. The summed E-state index contributed by atoms with van der Waals surface area (Å²) >= 11 is 0. The molecule has 168 valence electrons. The molecule has 0 spiro atoms. The van der Waals surface area contributed by atoms with Gasteiger partial charge in [-0.2, -0.15) is 10.2 Å². The van der Waals surface area contributed by atoms with Gasteiger partial charge in [-0.25, -0.2) is 0 Å². The molecule has 0 atom stereocenters. The summed E-state index contributed by atoms with van der Waals surface area (Å²) in [6, 6.07) is 6.06. The highest BCUT2D eigenvalue weighted by molar-refractivity contribution is 5.83. The van der Waals surface area contributed by atoms with Gasteiger partial charge in [0.1, 0.15) is 5.69 Å². The van der Waals surface area contributed by atoms with Gasteiger partial charge in [0.05, 0.1) is 17.2 Å². The minimum Gasteiger partial charge on any atom is -0.357 e. The fourth-order valence-electron chi connectivity index (χ4n) is 3.46. The second-order valence-electron chi connectivity index (χ2n) is 7.25. The fourth-order valence-corrected chi connectivity index (χ4v) is 3.46. The third-order valence-electron chi connectivity index (χ3n) is 5.17. The van der Waals surface area contributed by atoms with Crippen molar-refractivity contribution in [3.63, 3.8) is 0 Å². The zero-order chi connectivity index (χ0) is 23.8. The van der Waals surface area contributed by atoms with Crippen LogP contribution in [0, 0.1) is 6.92 Å². The molecule has 4 heterocycles. The molecule has 0 aliphatic carbocycles. The average molecular weight is 439 g/mol. The van der Waals surface area contributed by atoms with Crippen LogP contribution in [0.3, 0.4) is 0 Å². The lowest BCUT2D eigenvalue weighted by molar-refractivity contribution is 1.06. The molecule has 4 aromatic rings. The van der Waals surface area contributed by atoms with E-state index in [9.17, 15) is 0 Å². The van der Waals surface area contributed by atoms with Gasteiger partial charge in [-0.3, -0.25) is 15.2 Å². The SMILES string of the molecule is C=C/C=C(/c1cccnc1)c1cc(-c2n[nH]/c(=C/C=C(\C)c3cn[nH]c3)c2=C)[nH]c1C.CC. The number of aromatic nitrogens is 6. The third-order valence-corrected chi connectivity index (χ3v) is 5.17. The Morgan fingerprint density at radius 3 is 2.61 bits per heavy atom. The normalized spacial score (nSPS) is 12.4. The van der Waals surface area contributed by atoms with Crippen molar-refractivity contribution < 1.29 is 0 Å². The Morgan fingerprint density at radius 2 is 1.94 bits per heavy atom. The van der Waals surface area contributed by atoms with Crippen molar-refractivity contribution >= 4 is 23.8 Å².